The zero-order valence-electron chi connectivity index (χ0n) is 11.4. The summed E-state index contributed by atoms with van der Waals surface area (Å²) in [5.74, 6) is 0. The van der Waals surface area contributed by atoms with Crippen LogP contribution >= 0.6 is 27.8 Å². The summed E-state index contributed by atoms with van der Waals surface area (Å²) in [4.78, 5) is 36.9. The van der Waals surface area contributed by atoms with Gasteiger partial charge in [-0.3, -0.25) is 9.13 Å². The maximum Gasteiger partial charge on any atom is 0.343 e. The first-order chi connectivity index (χ1) is 8.97. The SMILES string of the molecule is CC(CC(S)CN1CCCCC1)(P(=O)(O)O)P(=O)(O)O. The van der Waals surface area contributed by atoms with Crippen LogP contribution in [0.3, 0.4) is 0 Å². The van der Waals surface area contributed by atoms with Gasteiger partial charge in [0.15, 0.2) is 4.90 Å². The zero-order valence-corrected chi connectivity index (χ0v) is 14.1. The molecule has 1 heterocycles. The lowest BCUT2D eigenvalue weighted by Gasteiger charge is -2.35. The van der Waals surface area contributed by atoms with Crippen LogP contribution in [0.5, 0.6) is 0 Å². The Morgan fingerprint density at radius 2 is 1.55 bits per heavy atom. The van der Waals surface area contributed by atoms with E-state index < -0.39 is 25.3 Å². The molecule has 0 radical (unpaired) electrons. The minimum atomic E-state index is -4.95. The van der Waals surface area contributed by atoms with Gasteiger partial charge < -0.3 is 24.5 Å². The average molecular weight is 347 g/mol. The van der Waals surface area contributed by atoms with Crippen molar-refractivity contribution in [1.82, 2.24) is 4.90 Å². The lowest BCUT2D eigenvalue weighted by atomic mass is 10.1. The van der Waals surface area contributed by atoms with E-state index >= 15 is 0 Å². The minimum Gasteiger partial charge on any atom is -0.324 e. The summed E-state index contributed by atoms with van der Waals surface area (Å²) in [6.45, 7) is 3.19. The molecule has 1 saturated heterocycles. The Morgan fingerprint density at radius 3 is 1.95 bits per heavy atom. The van der Waals surface area contributed by atoms with Crippen molar-refractivity contribution < 1.29 is 28.7 Å². The maximum atomic E-state index is 11.5. The van der Waals surface area contributed by atoms with E-state index in [9.17, 15) is 28.7 Å². The second-order valence-electron chi connectivity index (χ2n) is 5.52. The second-order valence-corrected chi connectivity index (χ2v) is 10.8. The smallest absolute Gasteiger partial charge is 0.324 e. The van der Waals surface area contributed by atoms with Gasteiger partial charge in [0.2, 0.25) is 0 Å². The zero-order chi connectivity index (χ0) is 15.6. The third-order valence-electron chi connectivity index (χ3n) is 3.80. The van der Waals surface area contributed by atoms with Crippen LogP contribution in [0.1, 0.15) is 32.6 Å². The Balaban J connectivity index is 2.75. The molecule has 4 N–H and O–H groups in total. The first kappa shape index (κ1) is 18.7. The van der Waals surface area contributed by atoms with Gasteiger partial charge in [-0.1, -0.05) is 6.42 Å². The molecule has 1 aliphatic heterocycles. The van der Waals surface area contributed by atoms with Gasteiger partial charge in [0.1, 0.15) is 0 Å². The Kier molecular flexibility index (Phi) is 6.34. The van der Waals surface area contributed by atoms with Crippen LogP contribution < -0.4 is 0 Å². The third kappa shape index (κ3) is 4.55. The van der Waals surface area contributed by atoms with Crippen LogP contribution in [0, 0.1) is 0 Å². The van der Waals surface area contributed by atoms with Crippen molar-refractivity contribution in [2.24, 2.45) is 0 Å². The van der Waals surface area contributed by atoms with Gasteiger partial charge in [-0.2, -0.15) is 12.6 Å². The van der Waals surface area contributed by atoms with E-state index in [4.69, 9.17) is 0 Å². The standard InChI is InChI=1S/C10H23NO6P2S/c1-10(18(12,13)14,19(15,16)17)7-9(20)8-11-5-3-2-4-6-11/h9,20H,2-8H2,1H3,(H2,12,13,14)(H2,15,16,17). The van der Waals surface area contributed by atoms with Crippen molar-refractivity contribution in [3.8, 4) is 0 Å². The monoisotopic (exact) mass is 347 g/mol. The molecule has 1 unspecified atom stereocenters. The normalized spacial score (nSPS) is 20.9. The molecular weight excluding hydrogens is 324 g/mol. The van der Waals surface area contributed by atoms with E-state index in [0.29, 0.717) is 6.54 Å². The highest BCUT2D eigenvalue weighted by Crippen LogP contribution is 2.70. The molecule has 10 heteroatoms. The summed E-state index contributed by atoms with van der Waals surface area (Å²) in [6.07, 6.45) is 2.96. The Labute approximate surface area is 124 Å². The Bertz CT molecular complexity index is 394. The lowest BCUT2D eigenvalue weighted by molar-refractivity contribution is 0.224. The van der Waals surface area contributed by atoms with Crippen molar-refractivity contribution in [3.05, 3.63) is 0 Å². The quantitative estimate of drug-likeness (QED) is 0.362. The largest absolute Gasteiger partial charge is 0.343 e. The highest BCUT2D eigenvalue weighted by molar-refractivity contribution is 7.81. The average Bonchev–Trinajstić information content (AvgIpc) is 2.26. The Morgan fingerprint density at radius 1 is 1.10 bits per heavy atom. The second kappa shape index (κ2) is 6.80. The third-order valence-corrected chi connectivity index (χ3v) is 8.58. The van der Waals surface area contributed by atoms with Crippen molar-refractivity contribution in [2.45, 2.75) is 42.8 Å². The molecule has 0 bridgehead atoms. The first-order valence-corrected chi connectivity index (χ1v) is 10.2. The molecule has 120 valence electrons. The van der Waals surface area contributed by atoms with Crippen molar-refractivity contribution in [1.29, 1.82) is 0 Å². The lowest BCUT2D eigenvalue weighted by Crippen LogP contribution is -2.38. The number of thiol groups is 1. The fourth-order valence-corrected chi connectivity index (χ4v) is 5.52. The van der Waals surface area contributed by atoms with Crippen LogP contribution in [0.15, 0.2) is 0 Å². The number of rotatable bonds is 6. The van der Waals surface area contributed by atoms with Crippen LogP contribution in [-0.2, 0) is 9.13 Å². The number of likely N-dealkylation sites (tertiary alicyclic amines) is 1. The predicted molar refractivity (Wildman–Crippen MR) is 80.2 cm³/mol. The molecule has 0 amide bonds. The van der Waals surface area contributed by atoms with E-state index in [0.717, 1.165) is 39.3 Å². The molecule has 20 heavy (non-hydrogen) atoms. The number of nitrogens with zero attached hydrogens (tertiary/aromatic N) is 1. The van der Waals surface area contributed by atoms with Gasteiger partial charge in [-0.05, 0) is 39.3 Å². The summed E-state index contributed by atoms with van der Waals surface area (Å²) < 4.78 is 23.0. The summed E-state index contributed by atoms with van der Waals surface area (Å²) in [5.41, 5.74) is 0. The fraction of sp³-hybridized carbons (Fsp3) is 1.00. The molecule has 0 aromatic carbocycles. The molecule has 0 saturated carbocycles. The molecule has 0 aromatic rings. The van der Waals surface area contributed by atoms with E-state index in [-0.39, 0.29) is 6.42 Å². The summed E-state index contributed by atoms with van der Waals surface area (Å²) in [7, 11) is -9.89. The van der Waals surface area contributed by atoms with E-state index in [1.807, 2.05) is 0 Å². The molecule has 1 fully saturated rings. The minimum absolute atomic E-state index is 0.332. The van der Waals surface area contributed by atoms with Crippen LogP contribution in [0.4, 0.5) is 0 Å². The highest BCUT2D eigenvalue weighted by Gasteiger charge is 2.56. The maximum absolute atomic E-state index is 11.5. The topological polar surface area (TPSA) is 118 Å². The van der Waals surface area contributed by atoms with Gasteiger partial charge in [-0.25, -0.2) is 0 Å². The van der Waals surface area contributed by atoms with Gasteiger partial charge in [-0.15, -0.1) is 0 Å². The molecule has 0 spiro atoms. The molecule has 0 aromatic heterocycles. The van der Waals surface area contributed by atoms with E-state index in [1.165, 1.54) is 0 Å². The summed E-state index contributed by atoms with van der Waals surface area (Å²) >= 11 is 4.27. The molecule has 0 aliphatic carbocycles. The Hall–Kier alpha value is 0.610. The molecule has 1 aliphatic rings. The van der Waals surface area contributed by atoms with Crippen molar-refractivity contribution in [2.75, 3.05) is 19.6 Å². The molecule has 1 rings (SSSR count). The predicted octanol–water partition coefficient (Wildman–Crippen LogP) is 1.23. The van der Waals surface area contributed by atoms with Gasteiger partial charge >= 0.3 is 15.2 Å². The first-order valence-electron chi connectivity index (χ1n) is 6.49. The number of hydrogen-bond acceptors (Lipinski definition) is 4. The van der Waals surface area contributed by atoms with E-state index in [1.54, 1.807) is 0 Å². The number of piperidine rings is 1. The number of hydrogen-bond donors (Lipinski definition) is 5. The highest BCUT2D eigenvalue weighted by atomic mass is 32.1. The van der Waals surface area contributed by atoms with E-state index in [2.05, 4.69) is 17.5 Å². The van der Waals surface area contributed by atoms with Gasteiger partial charge in [0.05, 0.1) is 0 Å². The van der Waals surface area contributed by atoms with Crippen LogP contribution in [0.25, 0.3) is 0 Å². The van der Waals surface area contributed by atoms with Gasteiger partial charge in [0, 0.05) is 11.8 Å². The summed E-state index contributed by atoms with van der Waals surface area (Å²) in [6, 6.07) is 0. The fourth-order valence-electron chi connectivity index (χ4n) is 2.36. The van der Waals surface area contributed by atoms with Crippen molar-refractivity contribution in [3.63, 3.8) is 0 Å². The van der Waals surface area contributed by atoms with Crippen LogP contribution in [0.2, 0.25) is 0 Å². The van der Waals surface area contributed by atoms with Crippen LogP contribution in [-0.4, -0.2) is 54.3 Å². The molecule has 1 atom stereocenters. The van der Waals surface area contributed by atoms with Gasteiger partial charge in [0.25, 0.3) is 0 Å². The van der Waals surface area contributed by atoms with Crippen molar-refractivity contribution >= 4 is 27.8 Å². The summed E-state index contributed by atoms with van der Waals surface area (Å²) in [5, 5.41) is -0.502. The molecule has 7 nitrogen and oxygen atoms in total. The molecular formula is C10H23NO6P2S.